The molecule has 0 saturated carbocycles. The molecule has 14 heteroatoms. The minimum atomic E-state index is -1.71. The number of benzene rings is 1. The number of carbonyl (C=O) groups excluding carboxylic acids is 2. The Bertz CT molecular complexity index is 1120. The predicted octanol–water partition coefficient (Wildman–Crippen LogP) is -0.0991. The first-order valence-corrected chi connectivity index (χ1v) is 12.9. The number of ether oxygens (including phenoxy) is 6. The number of allylic oxidation sites excluding steroid dienone is 1. The average Bonchev–Trinajstić information content (AvgIpc) is 2.96. The lowest BCUT2D eigenvalue weighted by molar-refractivity contribution is -0.327. The lowest BCUT2D eigenvalue weighted by atomic mass is 9.86. The summed E-state index contributed by atoms with van der Waals surface area (Å²) in [6.45, 7) is 2.69. The van der Waals surface area contributed by atoms with E-state index in [9.17, 15) is 40.2 Å². The number of methoxy groups -OCH3 is 1. The molecule has 0 unspecified atom stereocenters. The molecule has 0 aliphatic carbocycles. The average molecular weight is 585 g/mol. The van der Waals surface area contributed by atoms with Crippen LogP contribution < -0.4 is 0 Å². The predicted molar refractivity (Wildman–Crippen MR) is 137 cm³/mol. The molecular formula is C27H36O14. The van der Waals surface area contributed by atoms with Gasteiger partial charge in [0.2, 0.25) is 6.29 Å². The van der Waals surface area contributed by atoms with Gasteiger partial charge in [0.25, 0.3) is 0 Å². The van der Waals surface area contributed by atoms with Crippen LogP contribution in [-0.2, 0) is 38.0 Å². The van der Waals surface area contributed by atoms with Crippen molar-refractivity contribution in [3.8, 4) is 11.5 Å². The number of aliphatic hydroxyl groups excluding tert-OH is 4. The quantitative estimate of drug-likeness (QED) is 0.114. The summed E-state index contributed by atoms with van der Waals surface area (Å²) in [6.07, 6.45) is -7.60. The number of aromatic hydroxyl groups is 2. The van der Waals surface area contributed by atoms with Gasteiger partial charge >= 0.3 is 11.9 Å². The van der Waals surface area contributed by atoms with Crippen molar-refractivity contribution in [3.05, 3.63) is 47.2 Å². The van der Waals surface area contributed by atoms with Gasteiger partial charge in [-0.1, -0.05) is 12.1 Å². The van der Waals surface area contributed by atoms with Crippen LogP contribution in [0.4, 0.5) is 0 Å². The van der Waals surface area contributed by atoms with Gasteiger partial charge in [0.15, 0.2) is 17.8 Å². The number of hydrogen-bond donors (Lipinski definition) is 6. The second kappa shape index (κ2) is 14.6. The third-order valence-electron chi connectivity index (χ3n) is 6.73. The van der Waals surface area contributed by atoms with Crippen molar-refractivity contribution in [1.82, 2.24) is 0 Å². The highest BCUT2D eigenvalue weighted by Crippen LogP contribution is 2.36. The van der Waals surface area contributed by atoms with Crippen LogP contribution in [0.15, 0.2) is 41.7 Å². The van der Waals surface area contributed by atoms with Crippen LogP contribution in [0.3, 0.4) is 0 Å². The molecule has 0 bridgehead atoms. The van der Waals surface area contributed by atoms with Gasteiger partial charge in [-0.25, -0.2) is 4.79 Å². The molecule has 228 valence electrons. The van der Waals surface area contributed by atoms with Crippen LogP contribution in [0, 0.1) is 5.92 Å². The number of hydrogen-bond acceptors (Lipinski definition) is 14. The van der Waals surface area contributed by atoms with Crippen LogP contribution in [0.2, 0.25) is 0 Å². The second-order valence-electron chi connectivity index (χ2n) is 9.29. The molecule has 0 aromatic heterocycles. The third-order valence-corrected chi connectivity index (χ3v) is 6.73. The van der Waals surface area contributed by atoms with Crippen molar-refractivity contribution >= 4 is 11.9 Å². The molecule has 2 aliphatic heterocycles. The zero-order chi connectivity index (χ0) is 30.3. The Morgan fingerprint density at radius 3 is 2.44 bits per heavy atom. The molecule has 3 rings (SSSR count). The Kier molecular flexibility index (Phi) is 11.5. The fourth-order valence-corrected chi connectivity index (χ4v) is 4.50. The van der Waals surface area contributed by atoms with Gasteiger partial charge in [-0.15, -0.1) is 0 Å². The summed E-state index contributed by atoms with van der Waals surface area (Å²) in [4.78, 5) is 25.5. The van der Waals surface area contributed by atoms with E-state index in [2.05, 4.69) is 0 Å². The van der Waals surface area contributed by atoms with E-state index < -0.39 is 67.6 Å². The number of esters is 2. The standard InChI is InChI=1S/C27H36O14/c1-4-14-15(9-21(31)38-12-20(37-5-2)13-6-7-17(29)18(30)8-13)16(25(35)36-3)11-39-26(14)41-27-24(34)23(33)22(32)19(10-28)40-27/h4,6-8,11,15,19-20,22-24,26-30,32-34H,5,9-10,12H2,1-3H3/b14-4-/t15-,19+,20+,22+,23-,24+,26-,27-/m0/s1. The summed E-state index contributed by atoms with van der Waals surface area (Å²) in [5.74, 6) is -3.14. The van der Waals surface area contributed by atoms with Crippen LogP contribution in [-0.4, -0.2) is 107 Å². The Morgan fingerprint density at radius 1 is 1.10 bits per heavy atom. The van der Waals surface area contributed by atoms with Gasteiger partial charge in [0.05, 0.1) is 32.0 Å². The van der Waals surface area contributed by atoms with E-state index in [0.717, 1.165) is 13.4 Å². The van der Waals surface area contributed by atoms with Crippen LogP contribution in [0.1, 0.15) is 31.9 Å². The zero-order valence-corrected chi connectivity index (χ0v) is 22.8. The van der Waals surface area contributed by atoms with Gasteiger partial charge in [0.1, 0.15) is 37.1 Å². The summed E-state index contributed by atoms with van der Waals surface area (Å²) < 4.78 is 32.6. The lowest BCUT2D eigenvalue weighted by Gasteiger charge is -2.41. The Morgan fingerprint density at radius 2 is 1.83 bits per heavy atom. The van der Waals surface area contributed by atoms with Gasteiger partial charge < -0.3 is 59.1 Å². The Hall–Kier alpha value is -3.24. The maximum absolute atomic E-state index is 13.0. The first-order valence-electron chi connectivity index (χ1n) is 12.9. The summed E-state index contributed by atoms with van der Waals surface area (Å²) in [5, 5.41) is 59.4. The molecule has 0 spiro atoms. The molecule has 14 nitrogen and oxygen atoms in total. The summed E-state index contributed by atoms with van der Waals surface area (Å²) in [6, 6.07) is 4.08. The number of carbonyl (C=O) groups is 2. The van der Waals surface area contributed by atoms with Gasteiger partial charge in [-0.2, -0.15) is 0 Å². The molecule has 1 saturated heterocycles. The van der Waals surface area contributed by atoms with Crippen LogP contribution in [0.25, 0.3) is 0 Å². The molecule has 1 fully saturated rings. The molecule has 1 aromatic rings. The molecule has 2 aliphatic rings. The van der Waals surface area contributed by atoms with Crippen molar-refractivity contribution in [3.63, 3.8) is 0 Å². The number of rotatable bonds is 11. The van der Waals surface area contributed by atoms with E-state index in [4.69, 9.17) is 28.4 Å². The minimum absolute atomic E-state index is 0.0176. The summed E-state index contributed by atoms with van der Waals surface area (Å²) >= 11 is 0. The van der Waals surface area contributed by atoms with E-state index in [1.165, 1.54) is 24.3 Å². The van der Waals surface area contributed by atoms with Gasteiger partial charge in [-0.3, -0.25) is 4.79 Å². The van der Waals surface area contributed by atoms with Gasteiger partial charge in [0, 0.05) is 18.1 Å². The van der Waals surface area contributed by atoms with E-state index in [1.807, 2.05) is 0 Å². The number of phenolic OH excluding ortho intramolecular Hbond substituents is 2. The smallest absolute Gasteiger partial charge is 0.337 e. The first kappa shape index (κ1) is 32.3. The molecular weight excluding hydrogens is 548 g/mol. The molecule has 41 heavy (non-hydrogen) atoms. The zero-order valence-electron chi connectivity index (χ0n) is 22.8. The van der Waals surface area contributed by atoms with Crippen molar-refractivity contribution in [2.75, 3.05) is 26.9 Å². The fraction of sp³-hybridized carbons (Fsp3) is 0.556. The molecule has 1 aromatic carbocycles. The SMILES string of the molecule is C/C=C1\[C@H](O[C@@H]2O[C@H](CO)[C@@H](O)[C@H](O)[C@H]2O)OC=C(C(=O)OC)[C@H]1CC(=O)OC[C@@H](OCC)c1ccc(O)c(O)c1. The van der Waals surface area contributed by atoms with Crippen molar-refractivity contribution < 1.29 is 68.6 Å². The molecule has 8 atom stereocenters. The largest absolute Gasteiger partial charge is 0.504 e. The maximum atomic E-state index is 13.0. The first-order chi connectivity index (χ1) is 19.6. The van der Waals surface area contributed by atoms with E-state index in [-0.39, 0.29) is 42.3 Å². The van der Waals surface area contributed by atoms with Crippen LogP contribution in [0.5, 0.6) is 11.5 Å². The summed E-state index contributed by atoms with van der Waals surface area (Å²) in [5.41, 5.74) is 0.709. The highest BCUT2D eigenvalue weighted by molar-refractivity contribution is 5.90. The summed E-state index contributed by atoms with van der Waals surface area (Å²) in [7, 11) is 1.16. The second-order valence-corrected chi connectivity index (χ2v) is 9.29. The third kappa shape index (κ3) is 7.54. The molecule has 0 radical (unpaired) electrons. The maximum Gasteiger partial charge on any atom is 0.337 e. The molecule has 6 N–H and O–H groups in total. The lowest BCUT2D eigenvalue weighted by Crippen LogP contribution is -2.60. The van der Waals surface area contributed by atoms with Crippen molar-refractivity contribution in [1.29, 1.82) is 0 Å². The van der Waals surface area contributed by atoms with Crippen molar-refractivity contribution in [2.24, 2.45) is 5.92 Å². The fourth-order valence-electron chi connectivity index (χ4n) is 4.50. The number of phenols is 2. The highest BCUT2D eigenvalue weighted by atomic mass is 16.8. The van der Waals surface area contributed by atoms with E-state index in [0.29, 0.717) is 5.56 Å². The monoisotopic (exact) mass is 584 g/mol. The van der Waals surface area contributed by atoms with E-state index >= 15 is 0 Å². The molecule has 0 amide bonds. The minimum Gasteiger partial charge on any atom is -0.504 e. The van der Waals surface area contributed by atoms with Gasteiger partial charge in [-0.05, 0) is 31.5 Å². The Balaban J connectivity index is 1.76. The molecule has 2 heterocycles. The van der Waals surface area contributed by atoms with Crippen molar-refractivity contribution in [2.45, 2.75) is 63.4 Å². The van der Waals surface area contributed by atoms with E-state index in [1.54, 1.807) is 13.8 Å². The Labute approximate surface area is 235 Å². The topological polar surface area (TPSA) is 211 Å². The van der Waals surface area contributed by atoms with Crippen LogP contribution >= 0.6 is 0 Å². The highest BCUT2D eigenvalue weighted by Gasteiger charge is 2.47. The number of aliphatic hydroxyl groups is 4. The normalized spacial score (nSPS) is 29.8.